The van der Waals surface area contributed by atoms with Crippen LogP contribution in [0.4, 0.5) is 0 Å². The van der Waals surface area contributed by atoms with E-state index in [2.05, 4.69) is 24.3 Å². The fraction of sp³-hybridized carbons (Fsp3) is 0.278. The van der Waals surface area contributed by atoms with Gasteiger partial charge in [-0.25, -0.2) is 0 Å². The molecule has 0 bridgehead atoms. The lowest BCUT2D eigenvalue weighted by molar-refractivity contribution is -0.130. The van der Waals surface area contributed by atoms with Crippen LogP contribution in [0.1, 0.15) is 18.9 Å². The van der Waals surface area contributed by atoms with Crippen molar-refractivity contribution in [3.63, 3.8) is 0 Å². The summed E-state index contributed by atoms with van der Waals surface area (Å²) in [4.78, 5) is 13.8. The van der Waals surface area contributed by atoms with Crippen LogP contribution in [-0.4, -0.2) is 23.9 Å². The molecule has 2 rings (SSSR count). The van der Waals surface area contributed by atoms with Crippen LogP contribution in [-0.2, 0) is 11.3 Å². The molecule has 3 heteroatoms. The Morgan fingerprint density at radius 1 is 1.10 bits per heavy atom. The molecule has 21 heavy (non-hydrogen) atoms. The van der Waals surface area contributed by atoms with Crippen LogP contribution in [0.3, 0.4) is 0 Å². The van der Waals surface area contributed by atoms with Crippen LogP contribution in [0.25, 0.3) is 11.1 Å². The van der Waals surface area contributed by atoms with Crippen molar-refractivity contribution in [1.82, 2.24) is 4.90 Å². The molecule has 0 saturated heterocycles. The summed E-state index contributed by atoms with van der Waals surface area (Å²) in [5.41, 5.74) is 9.17. The molecule has 0 heterocycles. The molecule has 0 spiro atoms. The smallest absolute Gasteiger partial charge is 0.224 e. The maximum Gasteiger partial charge on any atom is 0.224 e. The van der Waals surface area contributed by atoms with E-state index in [1.54, 1.807) is 4.90 Å². The van der Waals surface area contributed by atoms with Gasteiger partial charge in [-0.2, -0.15) is 0 Å². The van der Waals surface area contributed by atoms with Gasteiger partial charge in [-0.1, -0.05) is 54.6 Å². The first-order valence-corrected chi connectivity index (χ1v) is 7.21. The minimum Gasteiger partial charge on any atom is -0.341 e. The van der Waals surface area contributed by atoms with E-state index < -0.39 is 0 Å². The molecule has 0 fully saturated rings. The minimum absolute atomic E-state index is 0.0767. The first-order valence-electron chi connectivity index (χ1n) is 7.21. The molecule has 1 amide bonds. The highest BCUT2D eigenvalue weighted by atomic mass is 16.2. The van der Waals surface area contributed by atoms with Crippen LogP contribution in [0.2, 0.25) is 0 Å². The van der Waals surface area contributed by atoms with Crippen molar-refractivity contribution >= 4 is 5.91 Å². The summed E-state index contributed by atoms with van der Waals surface area (Å²) < 4.78 is 0. The SMILES string of the molecule is CC(N)CC(=O)N(C)Cc1ccccc1-c1ccccc1. The van der Waals surface area contributed by atoms with Gasteiger partial charge in [0.2, 0.25) is 5.91 Å². The average molecular weight is 282 g/mol. The summed E-state index contributed by atoms with van der Waals surface area (Å²) in [5, 5.41) is 0. The van der Waals surface area contributed by atoms with E-state index in [4.69, 9.17) is 5.73 Å². The van der Waals surface area contributed by atoms with Crippen molar-refractivity contribution in [3.05, 3.63) is 60.2 Å². The number of benzene rings is 2. The number of amides is 1. The third-order valence-electron chi connectivity index (χ3n) is 3.43. The van der Waals surface area contributed by atoms with Crippen LogP contribution < -0.4 is 5.73 Å². The van der Waals surface area contributed by atoms with Crippen molar-refractivity contribution in [1.29, 1.82) is 0 Å². The van der Waals surface area contributed by atoms with Gasteiger partial charge in [-0.15, -0.1) is 0 Å². The second-order valence-corrected chi connectivity index (χ2v) is 5.45. The van der Waals surface area contributed by atoms with Gasteiger partial charge < -0.3 is 10.6 Å². The topological polar surface area (TPSA) is 46.3 Å². The second kappa shape index (κ2) is 7.04. The Kier molecular flexibility index (Phi) is 5.12. The molecule has 0 aliphatic carbocycles. The van der Waals surface area contributed by atoms with E-state index in [-0.39, 0.29) is 11.9 Å². The normalized spacial score (nSPS) is 12.0. The number of hydrogen-bond donors (Lipinski definition) is 1. The lowest BCUT2D eigenvalue weighted by atomic mass is 9.99. The first kappa shape index (κ1) is 15.3. The van der Waals surface area contributed by atoms with E-state index >= 15 is 0 Å². The molecule has 2 aromatic carbocycles. The first-order chi connectivity index (χ1) is 10.1. The van der Waals surface area contributed by atoms with E-state index in [0.29, 0.717) is 13.0 Å². The largest absolute Gasteiger partial charge is 0.341 e. The number of nitrogens with two attached hydrogens (primary N) is 1. The van der Waals surface area contributed by atoms with Gasteiger partial charge in [0.15, 0.2) is 0 Å². The molecule has 1 unspecified atom stereocenters. The van der Waals surface area contributed by atoms with Gasteiger partial charge in [0, 0.05) is 26.1 Å². The Labute approximate surface area is 126 Å². The van der Waals surface area contributed by atoms with Crippen molar-refractivity contribution in [2.24, 2.45) is 5.73 Å². The fourth-order valence-electron chi connectivity index (χ4n) is 2.33. The highest BCUT2D eigenvalue weighted by Gasteiger charge is 2.13. The molecular formula is C18H22N2O. The molecule has 1 atom stereocenters. The number of rotatable bonds is 5. The Hall–Kier alpha value is -2.13. The summed E-state index contributed by atoms with van der Waals surface area (Å²) in [7, 11) is 1.83. The van der Waals surface area contributed by atoms with Crippen LogP contribution in [0.15, 0.2) is 54.6 Å². The quantitative estimate of drug-likeness (QED) is 0.916. The lowest BCUT2D eigenvalue weighted by Gasteiger charge is -2.20. The zero-order valence-electron chi connectivity index (χ0n) is 12.6. The van der Waals surface area contributed by atoms with Crippen molar-refractivity contribution in [2.75, 3.05) is 7.05 Å². The molecule has 2 N–H and O–H groups in total. The lowest BCUT2D eigenvalue weighted by Crippen LogP contribution is -2.31. The standard InChI is InChI=1S/C18H22N2O/c1-14(19)12-18(21)20(2)13-16-10-6-7-11-17(16)15-8-4-3-5-9-15/h3-11,14H,12-13,19H2,1-2H3. The molecule has 0 radical (unpaired) electrons. The summed E-state index contributed by atoms with van der Waals surface area (Å²) in [6, 6.07) is 18.3. The van der Waals surface area contributed by atoms with E-state index in [1.807, 2.05) is 44.3 Å². The molecule has 0 saturated carbocycles. The van der Waals surface area contributed by atoms with Crippen molar-refractivity contribution in [2.45, 2.75) is 25.9 Å². The van der Waals surface area contributed by atoms with Crippen LogP contribution in [0, 0.1) is 0 Å². The van der Waals surface area contributed by atoms with Crippen LogP contribution >= 0.6 is 0 Å². The Balaban J connectivity index is 2.20. The van der Waals surface area contributed by atoms with Gasteiger partial charge in [0.1, 0.15) is 0 Å². The molecule has 110 valence electrons. The Bertz CT molecular complexity index is 593. The number of carbonyl (C=O) groups excluding carboxylic acids is 1. The highest BCUT2D eigenvalue weighted by molar-refractivity contribution is 5.77. The third kappa shape index (κ3) is 4.17. The fourth-order valence-corrected chi connectivity index (χ4v) is 2.33. The summed E-state index contributed by atoms with van der Waals surface area (Å²) in [6.07, 6.45) is 0.379. The second-order valence-electron chi connectivity index (χ2n) is 5.45. The van der Waals surface area contributed by atoms with E-state index in [9.17, 15) is 4.79 Å². The molecule has 0 aliphatic rings. The predicted molar refractivity (Wildman–Crippen MR) is 86.6 cm³/mol. The summed E-state index contributed by atoms with van der Waals surface area (Å²) in [5.74, 6) is 0.0767. The third-order valence-corrected chi connectivity index (χ3v) is 3.43. The maximum absolute atomic E-state index is 12.1. The van der Waals surface area contributed by atoms with E-state index in [0.717, 1.165) is 5.56 Å². The summed E-state index contributed by atoms with van der Waals surface area (Å²) in [6.45, 7) is 2.44. The molecule has 0 aliphatic heterocycles. The molecule has 3 nitrogen and oxygen atoms in total. The monoisotopic (exact) mass is 282 g/mol. The van der Waals surface area contributed by atoms with Crippen molar-refractivity contribution < 1.29 is 4.79 Å². The van der Waals surface area contributed by atoms with Gasteiger partial charge in [0.05, 0.1) is 0 Å². The maximum atomic E-state index is 12.1. The number of carbonyl (C=O) groups is 1. The zero-order valence-corrected chi connectivity index (χ0v) is 12.6. The van der Waals surface area contributed by atoms with E-state index in [1.165, 1.54) is 11.1 Å². The molecular weight excluding hydrogens is 260 g/mol. The van der Waals surface area contributed by atoms with Crippen molar-refractivity contribution in [3.8, 4) is 11.1 Å². The molecule has 0 aromatic heterocycles. The number of nitrogens with zero attached hydrogens (tertiary/aromatic N) is 1. The highest BCUT2D eigenvalue weighted by Crippen LogP contribution is 2.24. The number of hydrogen-bond acceptors (Lipinski definition) is 2. The van der Waals surface area contributed by atoms with Gasteiger partial charge in [-0.05, 0) is 23.6 Å². The average Bonchev–Trinajstić information content (AvgIpc) is 2.48. The molecule has 2 aromatic rings. The zero-order chi connectivity index (χ0) is 15.2. The minimum atomic E-state index is -0.107. The Morgan fingerprint density at radius 2 is 1.71 bits per heavy atom. The van der Waals surface area contributed by atoms with Gasteiger partial charge in [-0.3, -0.25) is 4.79 Å². The van der Waals surface area contributed by atoms with Crippen LogP contribution in [0.5, 0.6) is 0 Å². The summed E-state index contributed by atoms with van der Waals surface area (Å²) >= 11 is 0. The predicted octanol–water partition coefficient (Wildman–Crippen LogP) is 3.05. The van der Waals surface area contributed by atoms with Gasteiger partial charge >= 0.3 is 0 Å². The Morgan fingerprint density at radius 3 is 2.38 bits per heavy atom. The van der Waals surface area contributed by atoms with Gasteiger partial charge in [0.25, 0.3) is 0 Å².